The summed E-state index contributed by atoms with van der Waals surface area (Å²) in [6.07, 6.45) is 1.49. The van der Waals surface area contributed by atoms with Crippen LogP contribution in [0.5, 0.6) is 0 Å². The van der Waals surface area contributed by atoms with E-state index in [2.05, 4.69) is 37.4 Å². The second-order valence-corrected chi connectivity index (χ2v) is 5.85. The molecule has 7 nitrogen and oxygen atoms in total. The van der Waals surface area contributed by atoms with Crippen LogP contribution in [-0.2, 0) is 6.54 Å². The van der Waals surface area contributed by atoms with Crippen molar-refractivity contribution in [1.82, 2.24) is 20.2 Å². The van der Waals surface area contributed by atoms with E-state index >= 15 is 0 Å². The van der Waals surface area contributed by atoms with Crippen molar-refractivity contribution >= 4 is 17.7 Å². The zero-order valence-corrected chi connectivity index (χ0v) is 13.8. The minimum Gasteiger partial charge on any atom is -0.354 e. The number of nitrogens with zero attached hydrogens (tertiary/aromatic N) is 4. The fourth-order valence-electron chi connectivity index (χ4n) is 2.56. The number of likely N-dealkylation sites (N-methyl/N-ethyl adjacent to an activating group) is 1. The highest BCUT2D eigenvalue weighted by atomic mass is 16.2. The molecule has 24 heavy (non-hydrogen) atoms. The number of carbonyl (C=O) groups excluding carboxylic acids is 1. The summed E-state index contributed by atoms with van der Waals surface area (Å²) in [5.41, 5.74) is 1.05. The highest BCUT2D eigenvalue weighted by Gasteiger charge is 2.16. The van der Waals surface area contributed by atoms with Gasteiger partial charge in [0.2, 0.25) is 0 Å². The molecule has 126 valence electrons. The van der Waals surface area contributed by atoms with Crippen LogP contribution in [-0.4, -0.2) is 54.1 Å². The number of aromatic nitrogens is 2. The van der Waals surface area contributed by atoms with Crippen LogP contribution in [0.25, 0.3) is 0 Å². The van der Waals surface area contributed by atoms with Crippen LogP contribution in [0.2, 0.25) is 0 Å². The monoisotopic (exact) mass is 326 g/mol. The third-order valence-corrected chi connectivity index (χ3v) is 4.02. The summed E-state index contributed by atoms with van der Waals surface area (Å²) >= 11 is 0. The van der Waals surface area contributed by atoms with Gasteiger partial charge in [0.25, 0.3) is 0 Å². The minimum atomic E-state index is -0.276. The lowest BCUT2D eigenvalue weighted by atomic mass is 10.2. The second kappa shape index (κ2) is 7.74. The van der Waals surface area contributed by atoms with Crippen molar-refractivity contribution in [3.63, 3.8) is 0 Å². The largest absolute Gasteiger partial charge is 0.354 e. The quantitative estimate of drug-likeness (QED) is 0.892. The molecule has 0 bridgehead atoms. The molecular weight excluding hydrogens is 304 g/mol. The van der Waals surface area contributed by atoms with E-state index < -0.39 is 0 Å². The highest BCUT2D eigenvalue weighted by molar-refractivity contribution is 5.88. The van der Waals surface area contributed by atoms with Crippen molar-refractivity contribution in [3.8, 4) is 0 Å². The Balaban J connectivity index is 1.55. The summed E-state index contributed by atoms with van der Waals surface area (Å²) in [7, 11) is 2.11. The van der Waals surface area contributed by atoms with Crippen molar-refractivity contribution in [2.24, 2.45) is 0 Å². The maximum absolute atomic E-state index is 12.0. The van der Waals surface area contributed by atoms with Crippen LogP contribution in [0, 0.1) is 0 Å². The Kier molecular flexibility index (Phi) is 5.22. The van der Waals surface area contributed by atoms with E-state index in [1.54, 1.807) is 0 Å². The van der Waals surface area contributed by atoms with Crippen molar-refractivity contribution < 1.29 is 4.79 Å². The van der Waals surface area contributed by atoms with Crippen molar-refractivity contribution in [2.75, 3.05) is 43.4 Å². The smallest absolute Gasteiger partial charge is 0.320 e. The molecule has 0 atom stereocenters. The maximum atomic E-state index is 12.0. The van der Waals surface area contributed by atoms with Crippen molar-refractivity contribution in [1.29, 1.82) is 0 Å². The molecule has 1 aliphatic rings. The molecule has 2 aromatic rings. The number of carbonyl (C=O) groups is 1. The van der Waals surface area contributed by atoms with E-state index in [0.29, 0.717) is 12.4 Å². The molecule has 1 fully saturated rings. The van der Waals surface area contributed by atoms with Gasteiger partial charge in [-0.2, -0.15) is 0 Å². The molecule has 0 radical (unpaired) electrons. The van der Waals surface area contributed by atoms with Crippen LogP contribution < -0.4 is 15.5 Å². The number of nitrogens with one attached hydrogen (secondary N) is 2. The van der Waals surface area contributed by atoms with Gasteiger partial charge in [-0.25, -0.2) is 14.8 Å². The van der Waals surface area contributed by atoms with E-state index in [1.165, 1.54) is 6.33 Å². The first-order valence-electron chi connectivity index (χ1n) is 8.05. The number of urea groups is 1. The zero-order valence-electron chi connectivity index (χ0n) is 13.8. The Morgan fingerprint density at radius 1 is 1.12 bits per heavy atom. The molecule has 1 aromatic heterocycles. The Hall–Kier alpha value is -2.67. The fraction of sp³-hybridized carbons (Fsp3) is 0.353. The molecule has 1 saturated heterocycles. The van der Waals surface area contributed by atoms with Gasteiger partial charge in [0, 0.05) is 38.8 Å². The van der Waals surface area contributed by atoms with Gasteiger partial charge in [0.1, 0.15) is 18.0 Å². The Morgan fingerprint density at radius 3 is 2.62 bits per heavy atom. The van der Waals surface area contributed by atoms with Gasteiger partial charge < -0.3 is 15.1 Å². The Labute approximate surface area is 141 Å². The summed E-state index contributed by atoms with van der Waals surface area (Å²) in [5, 5.41) is 5.58. The van der Waals surface area contributed by atoms with Gasteiger partial charge in [-0.15, -0.1) is 0 Å². The third kappa shape index (κ3) is 4.42. The van der Waals surface area contributed by atoms with Crippen LogP contribution >= 0.6 is 0 Å². The van der Waals surface area contributed by atoms with Gasteiger partial charge in [0.15, 0.2) is 0 Å². The molecule has 2 heterocycles. The fourth-order valence-corrected chi connectivity index (χ4v) is 2.56. The summed E-state index contributed by atoms with van der Waals surface area (Å²) in [5.74, 6) is 1.35. The van der Waals surface area contributed by atoms with E-state index in [4.69, 9.17) is 0 Å². The van der Waals surface area contributed by atoms with Crippen LogP contribution in [0.15, 0.2) is 42.7 Å². The first-order chi connectivity index (χ1) is 11.7. The normalized spacial score (nSPS) is 15.1. The molecule has 2 amide bonds. The van der Waals surface area contributed by atoms with Gasteiger partial charge in [-0.1, -0.05) is 30.3 Å². The second-order valence-electron chi connectivity index (χ2n) is 5.85. The Morgan fingerprint density at radius 2 is 1.88 bits per heavy atom. The summed E-state index contributed by atoms with van der Waals surface area (Å²) in [4.78, 5) is 24.9. The number of hydrogen-bond acceptors (Lipinski definition) is 5. The van der Waals surface area contributed by atoms with Crippen LogP contribution in [0.3, 0.4) is 0 Å². The van der Waals surface area contributed by atoms with Gasteiger partial charge >= 0.3 is 6.03 Å². The number of benzene rings is 1. The number of rotatable bonds is 4. The third-order valence-electron chi connectivity index (χ3n) is 4.02. The molecule has 0 spiro atoms. The summed E-state index contributed by atoms with van der Waals surface area (Å²) in [6, 6.07) is 11.3. The van der Waals surface area contributed by atoms with Gasteiger partial charge in [0.05, 0.1) is 0 Å². The number of piperazine rings is 1. The van der Waals surface area contributed by atoms with E-state index in [1.807, 2.05) is 36.4 Å². The van der Waals surface area contributed by atoms with Crippen molar-refractivity contribution in [2.45, 2.75) is 6.54 Å². The summed E-state index contributed by atoms with van der Waals surface area (Å²) < 4.78 is 0. The molecular formula is C17H22N6O. The van der Waals surface area contributed by atoms with E-state index in [0.717, 1.165) is 37.6 Å². The molecule has 0 unspecified atom stereocenters. The number of hydrogen-bond donors (Lipinski definition) is 2. The van der Waals surface area contributed by atoms with E-state index in [-0.39, 0.29) is 6.03 Å². The molecule has 1 aromatic carbocycles. The molecule has 1 aliphatic heterocycles. The lowest BCUT2D eigenvalue weighted by Gasteiger charge is -2.33. The average Bonchev–Trinajstić information content (AvgIpc) is 2.62. The predicted molar refractivity (Wildman–Crippen MR) is 94.0 cm³/mol. The Bertz CT molecular complexity index is 670. The topological polar surface area (TPSA) is 73.4 Å². The molecule has 0 saturated carbocycles. The molecule has 3 rings (SSSR count). The lowest BCUT2D eigenvalue weighted by molar-refractivity contribution is 0.251. The average molecular weight is 326 g/mol. The van der Waals surface area contributed by atoms with Gasteiger partial charge in [-0.05, 0) is 12.6 Å². The van der Waals surface area contributed by atoms with Gasteiger partial charge in [-0.3, -0.25) is 5.32 Å². The van der Waals surface area contributed by atoms with Crippen LogP contribution in [0.1, 0.15) is 5.56 Å². The standard InChI is InChI=1S/C17H22N6O/c1-22-7-9-23(10-8-22)16-11-15(19-13-20-16)21-17(24)18-12-14-5-3-2-4-6-14/h2-6,11,13H,7-10,12H2,1H3,(H2,18,19,20,21,24). The van der Waals surface area contributed by atoms with Crippen molar-refractivity contribution in [3.05, 3.63) is 48.3 Å². The molecule has 7 heteroatoms. The zero-order chi connectivity index (χ0) is 16.8. The first-order valence-corrected chi connectivity index (χ1v) is 8.05. The highest BCUT2D eigenvalue weighted by Crippen LogP contribution is 2.15. The number of amides is 2. The van der Waals surface area contributed by atoms with Crippen LogP contribution in [0.4, 0.5) is 16.4 Å². The lowest BCUT2D eigenvalue weighted by Crippen LogP contribution is -2.44. The number of anilines is 2. The first kappa shape index (κ1) is 16.2. The molecule has 0 aliphatic carbocycles. The minimum absolute atomic E-state index is 0.276. The maximum Gasteiger partial charge on any atom is 0.320 e. The SMILES string of the molecule is CN1CCN(c2cc(NC(=O)NCc3ccccc3)ncn2)CC1. The molecule has 2 N–H and O–H groups in total. The predicted octanol–water partition coefficient (Wildman–Crippen LogP) is 1.55. The summed E-state index contributed by atoms with van der Waals surface area (Å²) in [6.45, 7) is 4.33. The van der Waals surface area contributed by atoms with E-state index in [9.17, 15) is 4.79 Å².